The zero-order chi connectivity index (χ0) is 12.5. The lowest BCUT2D eigenvalue weighted by Gasteiger charge is -2.13. The summed E-state index contributed by atoms with van der Waals surface area (Å²) >= 11 is 0. The van der Waals surface area contributed by atoms with Crippen molar-refractivity contribution in [2.24, 2.45) is 0 Å². The normalized spacial score (nSPS) is 22.0. The number of nitrogens with zero attached hydrogens (tertiary/aromatic N) is 2. The van der Waals surface area contributed by atoms with Crippen molar-refractivity contribution < 1.29 is 14.3 Å². The summed E-state index contributed by atoms with van der Waals surface area (Å²) in [5, 5.41) is 9.64. The lowest BCUT2D eigenvalue weighted by molar-refractivity contribution is -0.119. The molecule has 2 amide bonds. The maximum atomic E-state index is 11.9. The van der Waals surface area contributed by atoms with Gasteiger partial charge in [-0.2, -0.15) is 5.10 Å². The summed E-state index contributed by atoms with van der Waals surface area (Å²) < 4.78 is 7.09. The Morgan fingerprint density at radius 3 is 3.22 bits per heavy atom. The Kier molecular flexibility index (Phi) is 2.66. The predicted octanol–water partition coefficient (Wildman–Crippen LogP) is -0.716. The Balaban J connectivity index is 1.68. The number of hydrogen-bond acceptors (Lipinski definition) is 4. The number of aryl methyl sites for hydroxylation is 1. The van der Waals surface area contributed by atoms with Crippen LogP contribution in [0.2, 0.25) is 0 Å². The van der Waals surface area contributed by atoms with Gasteiger partial charge in [0.15, 0.2) is 5.69 Å². The first kappa shape index (κ1) is 11.1. The SMILES string of the molecule is O=C1CC(NC(=O)c2cc3n(n2)CCCO3)CN1. The molecule has 3 heterocycles. The molecule has 0 aliphatic carbocycles. The van der Waals surface area contributed by atoms with Crippen LogP contribution in [0, 0.1) is 0 Å². The first-order valence-electron chi connectivity index (χ1n) is 6.00. The fourth-order valence-electron chi connectivity index (χ4n) is 2.14. The number of ether oxygens (including phenoxy) is 1. The summed E-state index contributed by atoms with van der Waals surface area (Å²) in [6.07, 6.45) is 1.23. The van der Waals surface area contributed by atoms with Gasteiger partial charge >= 0.3 is 0 Å². The van der Waals surface area contributed by atoms with E-state index < -0.39 is 0 Å². The van der Waals surface area contributed by atoms with Crippen LogP contribution in [-0.4, -0.2) is 40.8 Å². The highest BCUT2D eigenvalue weighted by Crippen LogP contribution is 2.18. The maximum Gasteiger partial charge on any atom is 0.272 e. The largest absolute Gasteiger partial charge is 0.478 e. The summed E-state index contributed by atoms with van der Waals surface area (Å²) in [5.74, 6) is 0.335. The Morgan fingerprint density at radius 1 is 1.61 bits per heavy atom. The van der Waals surface area contributed by atoms with E-state index in [-0.39, 0.29) is 17.9 Å². The van der Waals surface area contributed by atoms with Crippen LogP contribution in [0.1, 0.15) is 23.3 Å². The zero-order valence-electron chi connectivity index (χ0n) is 9.81. The highest BCUT2D eigenvalue weighted by atomic mass is 16.5. The monoisotopic (exact) mass is 250 g/mol. The first-order chi connectivity index (χ1) is 8.72. The second kappa shape index (κ2) is 4.32. The second-order valence-corrected chi connectivity index (χ2v) is 4.47. The highest BCUT2D eigenvalue weighted by Gasteiger charge is 2.25. The van der Waals surface area contributed by atoms with Crippen LogP contribution in [0.5, 0.6) is 5.88 Å². The Labute approximate surface area is 103 Å². The molecule has 18 heavy (non-hydrogen) atoms. The minimum absolute atomic E-state index is 0.0345. The molecule has 2 aliphatic heterocycles. The van der Waals surface area contributed by atoms with Crippen molar-refractivity contribution >= 4 is 11.8 Å². The number of fused-ring (bicyclic) bond motifs is 1. The van der Waals surface area contributed by atoms with Gasteiger partial charge in [0.2, 0.25) is 11.8 Å². The van der Waals surface area contributed by atoms with Gasteiger partial charge < -0.3 is 15.4 Å². The lowest BCUT2D eigenvalue weighted by atomic mass is 10.2. The summed E-state index contributed by atoms with van der Waals surface area (Å²) in [7, 11) is 0. The number of carbonyl (C=O) groups is 2. The molecular formula is C11H14N4O3. The van der Waals surface area contributed by atoms with E-state index in [1.165, 1.54) is 0 Å². The fraction of sp³-hybridized carbons (Fsp3) is 0.545. The molecule has 2 N–H and O–H groups in total. The van der Waals surface area contributed by atoms with Crippen LogP contribution >= 0.6 is 0 Å². The predicted molar refractivity (Wildman–Crippen MR) is 61.2 cm³/mol. The summed E-state index contributed by atoms with van der Waals surface area (Å²) in [6, 6.07) is 1.49. The van der Waals surface area contributed by atoms with Gasteiger partial charge in [0.05, 0.1) is 12.6 Å². The van der Waals surface area contributed by atoms with E-state index in [2.05, 4.69) is 15.7 Å². The zero-order valence-corrected chi connectivity index (χ0v) is 9.81. The number of carbonyl (C=O) groups excluding carboxylic acids is 2. The topological polar surface area (TPSA) is 85.2 Å². The molecule has 1 unspecified atom stereocenters. The van der Waals surface area contributed by atoms with Crippen LogP contribution in [0.15, 0.2) is 6.07 Å². The first-order valence-corrected chi connectivity index (χ1v) is 6.00. The molecule has 0 saturated carbocycles. The minimum atomic E-state index is -0.262. The molecule has 1 atom stereocenters. The van der Waals surface area contributed by atoms with Crippen molar-refractivity contribution in [1.29, 1.82) is 0 Å². The molecule has 1 aromatic heterocycles. The molecule has 96 valence electrons. The van der Waals surface area contributed by atoms with E-state index in [4.69, 9.17) is 4.74 Å². The Morgan fingerprint density at radius 2 is 2.50 bits per heavy atom. The van der Waals surface area contributed by atoms with Gasteiger partial charge in [-0.15, -0.1) is 0 Å². The van der Waals surface area contributed by atoms with Crippen molar-refractivity contribution in [2.45, 2.75) is 25.4 Å². The number of rotatable bonds is 2. The van der Waals surface area contributed by atoms with Crippen LogP contribution in [0.3, 0.4) is 0 Å². The average Bonchev–Trinajstić information content (AvgIpc) is 2.95. The standard InChI is InChI=1S/C11H14N4O3/c16-9-4-7(6-12-9)13-11(17)8-5-10-15(14-8)2-1-3-18-10/h5,7H,1-4,6H2,(H,12,16)(H,13,17). The van der Waals surface area contributed by atoms with E-state index in [1.54, 1.807) is 10.7 Å². The molecule has 0 bridgehead atoms. The minimum Gasteiger partial charge on any atom is -0.478 e. The molecule has 0 radical (unpaired) electrons. The van der Waals surface area contributed by atoms with E-state index >= 15 is 0 Å². The third kappa shape index (κ3) is 2.03. The van der Waals surface area contributed by atoms with Crippen molar-refractivity contribution in [3.63, 3.8) is 0 Å². The summed E-state index contributed by atoms with van der Waals surface area (Å²) in [6.45, 7) is 1.91. The number of aromatic nitrogens is 2. The van der Waals surface area contributed by atoms with Gasteiger partial charge in [0.1, 0.15) is 0 Å². The molecule has 2 aliphatic rings. The Bertz CT molecular complexity index is 473. The molecule has 0 aromatic carbocycles. The third-order valence-corrected chi connectivity index (χ3v) is 3.05. The van der Waals surface area contributed by atoms with Crippen LogP contribution in [0.4, 0.5) is 0 Å². The fourth-order valence-corrected chi connectivity index (χ4v) is 2.14. The molecule has 1 fully saturated rings. The van der Waals surface area contributed by atoms with Crippen LogP contribution in [0.25, 0.3) is 0 Å². The van der Waals surface area contributed by atoms with E-state index in [1.807, 2.05) is 0 Å². The molecule has 1 aromatic rings. The van der Waals surface area contributed by atoms with Gasteiger partial charge in [0, 0.05) is 32.0 Å². The van der Waals surface area contributed by atoms with Gasteiger partial charge in [0.25, 0.3) is 5.91 Å². The quantitative estimate of drug-likeness (QED) is 0.725. The highest BCUT2D eigenvalue weighted by molar-refractivity contribution is 5.93. The van der Waals surface area contributed by atoms with E-state index in [0.717, 1.165) is 13.0 Å². The molecular weight excluding hydrogens is 236 g/mol. The smallest absolute Gasteiger partial charge is 0.272 e. The van der Waals surface area contributed by atoms with E-state index in [0.29, 0.717) is 31.1 Å². The molecule has 3 rings (SSSR count). The van der Waals surface area contributed by atoms with Crippen LogP contribution < -0.4 is 15.4 Å². The lowest BCUT2D eigenvalue weighted by Crippen LogP contribution is -2.36. The van der Waals surface area contributed by atoms with Crippen LogP contribution in [-0.2, 0) is 11.3 Å². The molecule has 7 nitrogen and oxygen atoms in total. The van der Waals surface area contributed by atoms with Gasteiger partial charge in [-0.3, -0.25) is 9.59 Å². The maximum absolute atomic E-state index is 11.9. The van der Waals surface area contributed by atoms with Crippen molar-refractivity contribution in [3.8, 4) is 5.88 Å². The van der Waals surface area contributed by atoms with E-state index in [9.17, 15) is 9.59 Å². The molecule has 7 heteroatoms. The molecule has 0 spiro atoms. The van der Waals surface area contributed by atoms with Crippen molar-refractivity contribution in [2.75, 3.05) is 13.2 Å². The second-order valence-electron chi connectivity index (χ2n) is 4.47. The number of hydrogen-bond donors (Lipinski definition) is 2. The third-order valence-electron chi connectivity index (χ3n) is 3.05. The van der Waals surface area contributed by atoms with Crippen molar-refractivity contribution in [1.82, 2.24) is 20.4 Å². The average molecular weight is 250 g/mol. The van der Waals surface area contributed by atoms with Gasteiger partial charge in [-0.25, -0.2) is 4.68 Å². The van der Waals surface area contributed by atoms with Gasteiger partial charge in [-0.1, -0.05) is 0 Å². The molecule has 1 saturated heterocycles. The Hall–Kier alpha value is -2.05. The van der Waals surface area contributed by atoms with Crippen molar-refractivity contribution in [3.05, 3.63) is 11.8 Å². The summed E-state index contributed by atoms with van der Waals surface area (Å²) in [5.41, 5.74) is 0.339. The summed E-state index contributed by atoms with van der Waals surface area (Å²) in [4.78, 5) is 23.0. The number of nitrogens with one attached hydrogen (secondary N) is 2. The number of amides is 2. The van der Waals surface area contributed by atoms with Gasteiger partial charge in [-0.05, 0) is 0 Å².